The smallest absolute Gasteiger partial charge is 0.303 e. The standard InChI is InChI=1S/C28H34F3N3O5/c1-15-24-20(12-22(25(15)36-6)39-11-10-38-18-13-37-14-18)26(34-17(3)33-24)32-16(2)19-8-7-9-21(23(19)29)28(30,31)27(4,5)35/h7-9,12,16,18,35H,10-11,13-14H2,1-6H3,(H,32,33,34)/t16-/m1/s1. The van der Waals surface area contributed by atoms with E-state index in [-0.39, 0.29) is 18.3 Å². The van der Waals surface area contributed by atoms with E-state index in [9.17, 15) is 13.9 Å². The molecule has 0 spiro atoms. The Morgan fingerprint density at radius 1 is 1.18 bits per heavy atom. The maximum absolute atomic E-state index is 15.4. The third kappa shape index (κ3) is 5.75. The van der Waals surface area contributed by atoms with E-state index in [1.165, 1.54) is 19.2 Å². The van der Waals surface area contributed by atoms with E-state index in [2.05, 4.69) is 15.3 Å². The number of anilines is 1. The van der Waals surface area contributed by atoms with Gasteiger partial charge in [-0.3, -0.25) is 0 Å². The fourth-order valence-corrected chi connectivity index (χ4v) is 4.38. The lowest BCUT2D eigenvalue weighted by molar-refractivity contribution is -0.170. The monoisotopic (exact) mass is 549 g/mol. The first-order valence-electron chi connectivity index (χ1n) is 12.7. The number of fused-ring (bicyclic) bond motifs is 1. The van der Waals surface area contributed by atoms with Gasteiger partial charge < -0.3 is 29.4 Å². The van der Waals surface area contributed by atoms with Crippen molar-refractivity contribution in [2.75, 3.05) is 38.9 Å². The molecule has 2 N–H and O–H groups in total. The van der Waals surface area contributed by atoms with Crippen LogP contribution in [0.2, 0.25) is 0 Å². The highest BCUT2D eigenvalue weighted by Gasteiger charge is 2.49. The number of aryl methyl sites for hydroxylation is 2. The van der Waals surface area contributed by atoms with Crippen molar-refractivity contribution in [1.29, 1.82) is 0 Å². The second kappa shape index (κ2) is 11.1. The summed E-state index contributed by atoms with van der Waals surface area (Å²) in [5, 5.41) is 13.7. The minimum Gasteiger partial charge on any atom is -0.493 e. The summed E-state index contributed by atoms with van der Waals surface area (Å²) in [6, 6.07) is 4.72. The van der Waals surface area contributed by atoms with E-state index >= 15 is 4.39 Å². The molecule has 1 aromatic heterocycles. The fourth-order valence-electron chi connectivity index (χ4n) is 4.38. The molecule has 0 amide bonds. The number of halogens is 3. The summed E-state index contributed by atoms with van der Waals surface area (Å²) in [7, 11) is 1.54. The number of hydrogen-bond donors (Lipinski definition) is 2. The zero-order valence-electron chi connectivity index (χ0n) is 22.9. The van der Waals surface area contributed by atoms with Crippen LogP contribution >= 0.6 is 0 Å². The molecule has 11 heteroatoms. The first-order chi connectivity index (χ1) is 18.3. The summed E-state index contributed by atoms with van der Waals surface area (Å²) < 4.78 is 67.4. The Balaban J connectivity index is 1.67. The SMILES string of the molecule is COc1c(OCCOC2COC2)cc2c(N[C@H](C)c3cccc(C(F)(F)C(C)(C)O)c3F)nc(C)nc2c1C. The molecule has 1 saturated heterocycles. The third-order valence-corrected chi connectivity index (χ3v) is 6.71. The molecule has 0 radical (unpaired) electrons. The number of hydrogen-bond acceptors (Lipinski definition) is 8. The second-order valence-corrected chi connectivity index (χ2v) is 10.1. The van der Waals surface area contributed by atoms with E-state index in [1.807, 2.05) is 6.92 Å². The molecule has 1 aliphatic rings. The number of aliphatic hydroxyl groups is 1. The van der Waals surface area contributed by atoms with Gasteiger partial charge in [0, 0.05) is 16.5 Å². The van der Waals surface area contributed by atoms with Gasteiger partial charge in [-0.2, -0.15) is 8.78 Å². The molecule has 212 valence electrons. The van der Waals surface area contributed by atoms with Gasteiger partial charge in [0.25, 0.3) is 0 Å². The first kappa shape index (κ1) is 28.8. The number of nitrogens with zero attached hydrogens (tertiary/aromatic N) is 2. The average Bonchev–Trinajstić information content (AvgIpc) is 2.82. The summed E-state index contributed by atoms with van der Waals surface area (Å²) in [5.74, 6) is -3.10. The maximum Gasteiger partial charge on any atom is 0.303 e. The number of alkyl halides is 2. The van der Waals surface area contributed by atoms with Crippen LogP contribution in [-0.2, 0) is 15.4 Å². The highest BCUT2D eigenvalue weighted by atomic mass is 19.3. The van der Waals surface area contributed by atoms with Gasteiger partial charge in [-0.15, -0.1) is 0 Å². The van der Waals surface area contributed by atoms with E-state index in [4.69, 9.17) is 18.9 Å². The molecule has 1 fully saturated rings. The molecule has 0 bridgehead atoms. The van der Waals surface area contributed by atoms with E-state index in [1.54, 1.807) is 19.9 Å². The summed E-state index contributed by atoms with van der Waals surface area (Å²) >= 11 is 0. The molecule has 3 aromatic rings. The largest absolute Gasteiger partial charge is 0.493 e. The van der Waals surface area contributed by atoms with Gasteiger partial charge in [-0.25, -0.2) is 14.4 Å². The summed E-state index contributed by atoms with van der Waals surface area (Å²) in [6.07, 6.45) is 0.0739. The highest BCUT2D eigenvalue weighted by molar-refractivity contribution is 5.94. The minimum atomic E-state index is -3.81. The van der Waals surface area contributed by atoms with Crippen LogP contribution in [0.5, 0.6) is 11.5 Å². The van der Waals surface area contributed by atoms with Crippen LogP contribution in [0.15, 0.2) is 24.3 Å². The predicted molar refractivity (Wildman–Crippen MR) is 140 cm³/mol. The molecule has 2 aromatic carbocycles. The molecular formula is C28H34F3N3O5. The normalized spacial score (nSPS) is 15.2. The number of rotatable bonds is 11. The lowest BCUT2D eigenvalue weighted by Gasteiger charge is -2.30. The van der Waals surface area contributed by atoms with Crippen LogP contribution < -0.4 is 14.8 Å². The summed E-state index contributed by atoms with van der Waals surface area (Å²) in [6.45, 7) is 8.88. The first-order valence-corrected chi connectivity index (χ1v) is 12.7. The molecule has 0 aliphatic carbocycles. The van der Waals surface area contributed by atoms with Crippen molar-refractivity contribution in [1.82, 2.24) is 9.97 Å². The lowest BCUT2D eigenvalue weighted by Crippen LogP contribution is -2.41. The van der Waals surface area contributed by atoms with E-state index in [0.717, 1.165) is 25.5 Å². The van der Waals surface area contributed by atoms with Crippen molar-refractivity contribution in [3.8, 4) is 11.5 Å². The number of nitrogens with one attached hydrogen (secondary N) is 1. The van der Waals surface area contributed by atoms with Crippen LogP contribution in [0.4, 0.5) is 19.0 Å². The van der Waals surface area contributed by atoms with Crippen LogP contribution in [0.3, 0.4) is 0 Å². The summed E-state index contributed by atoms with van der Waals surface area (Å²) in [5.41, 5.74) is -2.01. The summed E-state index contributed by atoms with van der Waals surface area (Å²) in [4.78, 5) is 9.08. The van der Waals surface area contributed by atoms with Gasteiger partial charge in [0.1, 0.15) is 35.8 Å². The predicted octanol–water partition coefficient (Wildman–Crippen LogP) is 5.22. The van der Waals surface area contributed by atoms with Crippen molar-refractivity contribution in [2.24, 2.45) is 0 Å². The Morgan fingerprint density at radius 2 is 1.90 bits per heavy atom. The highest BCUT2D eigenvalue weighted by Crippen LogP contribution is 2.42. The number of methoxy groups -OCH3 is 1. The van der Waals surface area contributed by atoms with Crippen LogP contribution in [0, 0.1) is 19.7 Å². The van der Waals surface area contributed by atoms with Crippen LogP contribution in [0.25, 0.3) is 10.9 Å². The molecule has 1 aliphatic heterocycles. The molecule has 8 nitrogen and oxygen atoms in total. The van der Waals surface area contributed by atoms with Crippen molar-refractivity contribution < 1.29 is 37.2 Å². The molecule has 39 heavy (non-hydrogen) atoms. The molecular weight excluding hydrogens is 515 g/mol. The van der Waals surface area contributed by atoms with Gasteiger partial charge in [0.05, 0.1) is 44.1 Å². The molecule has 0 unspecified atom stereocenters. The molecule has 2 heterocycles. The molecule has 0 saturated carbocycles. The van der Waals surface area contributed by atoms with Crippen molar-refractivity contribution in [3.63, 3.8) is 0 Å². The number of ether oxygens (including phenoxy) is 4. The van der Waals surface area contributed by atoms with Crippen molar-refractivity contribution >= 4 is 16.7 Å². The minimum absolute atomic E-state index is 0.000305. The van der Waals surface area contributed by atoms with Crippen molar-refractivity contribution in [3.05, 3.63) is 52.6 Å². The van der Waals surface area contributed by atoms with E-state index in [0.29, 0.717) is 53.9 Å². The van der Waals surface area contributed by atoms with E-state index < -0.39 is 28.9 Å². The topological polar surface area (TPSA) is 95.0 Å². The van der Waals surface area contributed by atoms with Gasteiger partial charge in [0.15, 0.2) is 11.5 Å². The van der Waals surface area contributed by atoms with Gasteiger partial charge in [-0.1, -0.05) is 12.1 Å². The Labute approximate surface area is 225 Å². The van der Waals surface area contributed by atoms with Gasteiger partial charge in [-0.05, 0) is 46.8 Å². The zero-order valence-corrected chi connectivity index (χ0v) is 22.9. The lowest BCUT2D eigenvalue weighted by atomic mass is 9.91. The Bertz CT molecular complexity index is 1340. The Kier molecular flexibility index (Phi) is 8.25. The van der Waals surface area contributed by atoms with Gasteiger partial charge >= 0.3 is 5.92 Å². The zero-order chi connectivity index (χ0) is 28.5. The number of aromatic nitrogens is 2. The molecule has 4 rings (SSSR count). The quantitative estimate of drug-likeness (QED) is 0.314. The maximum atomic E-state index is 15.4. The Hall–Kier alpha value is -3.15. The second-order valence-electron chi connectivity index (χ2n) is 10.1. The van der Waals surface area contributed by atoms with Gasteiger partial charge in [0.2, 0.25) is 0 Å². The third-order valence-electron chi connectivity index (χ3n) is 6.71. The number of benzene rings is 2. The van der Waals surface area contributed by atoms with Crippen LogP contribution in [0.1, 0.15) is 49.3 Å². The van der Waals surface area contributed by atoms with Crippen LogP contribution in [-0.4, -0.2) is 60.3 Å². The average molecular weight is 550 g/mol. The Morgan fingerprint density at radius 3 is 2.51 bits per heavy atom. The fraction of sp³-hybridized carbons (Fsp3) is 0.500. The molecule has 1 atom stereocenters. The van der Waals surface area contributed by atoms with Crippen molar-refractivity contribution in [2.45, 2.75) is 58.3 Å².